The molecular weight excluding hydrogens is 363 g/mol. The van der Waals surface area contributed by atoms with E-state index in [0.717, 1.165) is 27.7 Å². The first-order chi connectivity index (χ1) is 8.61. The summed E-state index contributed by atoms with van der Waals surface area (Å²) >= 11 is 8.41. The summed E-state index contributed by atoms with van der Waals surface area (Å²) in [5, 5.41) is 6.38. The molecule has 0 saturated carbocycles. The van der Waals surface area contributed by atoms with Crippen LogP contribution >= 0.6 is 34.2 Å². The maximum atomic E-state index is 6.16. The van der Waals surface area contributed by atoms with Gasteiger partial charge in [-0.3, -0.25) is 0 Å². The Hall–Kier alpha value is -0.560. The van der Waals surface area contributed by atoms with E-state index in [0.29, 0.717) is 12.0 Å². The molecular formula is C12H16ClIN4. The second-order valence-electron chi connectivity index (χ2n) is 4.35. The van der Waals surface area contributed by atoms with Gasteiger partial charge in [0.15, 0.2) is 0 Å². The van der Waals surface area contributed by atoms with Crippen LogP contribution in [0.4, 0.5) is 5.95 Å². The zero-order valence-corrected chi connectivity index (χ0v) is 13.3. The van der Waals surface area contributed by atoms with Gasteiger partial charge in [0.2, 0.25) is 5.95 Å². The zero-order valence-electron chi connectivity index (χ0n) is 10.4. The Morgan fingerprint density at radius 1 is 1.61 bits per heavy atom. The average molecular weight is 379 g/mol. The van der Waals surface area contributed by atoms with Gasteiger partial charge in [0.05, 0.1) is 9.27 Å². The predicted molar refractivity (Wildman–Crippen MR) is 83.8 cm³/mol. The van der Waals surface area contributed by atoms with Gasteiger partial charge in [-0.2, -0.15) is 0 Å². The van der Waals surface area contributed by atoms with Crippen LogP contribution in [0.2, 0.25) is 0 Å². The van der Waals surface area contributed by atoms with Gasteiger partial charge >= 0.3 is 0 Å². The minimum Gasteiger partial charge on any atom is -0.371 e. The van der Waals surface area contributed by atoms with Crippen molar-refractivity contribution < 1.29 is 0 Å². The highest BCUT2D eigenvalue weighted by molar-refractivity contribution is 14.1. The average Bonchev–Trinajstić information content (AvgIpc) is 2.34. The second-order valence-corrected chi connectivity index (χ2v) is 5.95. The van der Waals surface area contributed by atoms with Crippen molar-refractivity contribution in [1.29, 1.82) is 0 Å². The molecule has 1 aromatic heterocycles. The molecule has 0 amide bonds. The second kappa shape index (κ2) is 6.06. The molecule has 1 aliphatic heterocycles. The van der Waals surface area contributed by atoms with E-state index < -0.39 is 0 Å². The third kappa shape index (κ3) is 3.06. The normalized spacial score (nSPS) is 19.6. The summed E-state index contributed by atoms with van der Waals surface area (Å²) in [5.74, 6) is 0.669. The molecule has 0 aliphatic carbocycles. The molecule has 0 fully saturated rings. The lowest BCUT2D eigenvalue weighted by molar-refractivity contribution is 0.682. The molecule has 6 heteroatoms. The highest BCUT2D eigenvalue weighted by Crippen LogP contribution is 2.33. The Bertz CT molecular complexity index is 463. The summed E-state index contributed by atoms with van der Waals surface area (Å²) < 4.78 is 1.05. The predicted octanol–water partition coefficient (Wildman–Crippen LogP) is 3.65. The summed E-state index contributed by atoms with van der Waals surface area (Å²) in [5.41, 5.74) is 1.59. The van der Waals surface area contributed by atoms with Crippen LogP contribution in [0.1, 0.15) is 43.4 Å². The molecule has 2 unspecified atom stereocenters. The zero-order chi connectivity index (χ0) is 13.1. The van der Waals surface area contributed by atoms with Crippen molar-refractivity contribution in [2.45, 2.75) is 38.2 Å². The Labute approximate surface area is 126 Å². The summed E-state index contributed by atoms with van der Waals surface area (Å²) in [7, 11) is 0. The molecule has 2 atom stereocenters. The number of aromatic nitrogens is 2. The van der Waals surface area contributed by atoms with Crippen molar-refractivity contribution >= 4 is 43.7 Å². The third-order valence-electron chi connectivity index (χ3n) is 2.77. The first kappa shape index (κ1) is 13.9. The van der Waals surface area contributed by atoms with Crippen molar-refractivity contribution in [1.82, 2.24) is 15.3 Å². The van der Waals surface area contributed by atoms with Gasteiger partial charge in [0, 0.05) is 24.0 Å². The number of nitrogens with one attached hydrogen (secondary N) is 2. The third-order valence-corrected chi connectivity index (χ3v) is 3.95. The van der Waals surface area contributed by atoms with Crippen LogP contribution in [0.15, 0.2) is 12.4 Å². The lowest BCUT2D eigenvalue weighted by Gasteiger charge is -2.20. The Kier molecular flexibility index (Phi) is 4.66. The first-order valence-electron chi connectivity index (χ1n) is 6.01. The Morgan fingerprint density at radius 2 is 2.39 bits per heavy atom. The van der Waals surface area contributed by atoms with E-state index in [1.54, 1.807) is 6.20 Å². The van der Waals surface area contributed by atoms with E-state index in [9.17, 15) is 0 Å². The number of hydrogen-bond donors (Lipinski definition) is 2. The van der Waals surface area contributed by atoms with Gasteiger partial charge in [0.25, 0.3) is 0 Å². The van der Waals surface area contributed by atoms with Gasteiger partial charge in [-0.05, 0) is 35.9 Å². The molecule has 98 valence electrons. The van der Waals surface area contributed by atoms with Crippen molar-refractivity contribution in [3.63, 3.8) is 0 Å². The molecule has 0 aromatic carbocycles. The van der Waals surface area contributed by atoms with Crippen LogP contribution in [0, 0.1) is 0 Å². The van der Waals surface area contributed by atoms with Crippen LogP contribution in [0.25, 0.3) is 3.58 Å². The SMILES string of the molecule is CCCC(C)Nc1ncc2c(n1)C(I)=CNC2Cl. The largest absolute Gasteiger partial charge is 0.371 e. The molecule has 0 spiro atoms. The number of alkyl halides is 1. The number of anilines is 1. The summed E-state index contributed by atoms with van der Waals surface area (Å²) in [4.78, 5) is 8.87. The van der Waals surface area contributed by atoms with Crippen molar-refractivity contribution in [3.8, 4) is 0 Å². The minimum atomic E-state index is -0.249. The molecule has 0 bridgehead atoms. The van der Waals surface area contributed by atoms with Crippen molar-refractivity contribution in [2.75, 3.05) is 5.32 Å². The van der Waals surface area contributed by atoms with Crippen LogP contribution in [0.5, 0.6) is 0 Å². The minimum absolute atomic E-state index is 0.249. The van der Waals surface area contributed by atoms with E-state index in [1.165, 1.54) is 0 Å². The fourth-order valence-electron chi connectivity index (χ4n) is 1.87. The van der Waals surface area contributed by atoms with Crippen LogP contribution < -0.4 is 10.6 Å². The lowest BCUT2D eigenvalue weighted by atomic mass is 10.2. The standard InChI is InChI=1S/C12H16ClIN4/c1-3-4-7(2)17-12-16-5-8-10(18-12)9(14)6-15-11(8)13/h5-7,11,15H,3-4H2,1-2H3,(H,16,17,18). The van der Waals surface area contributed by atoms with Crippen molar-refractivity contribution in [3.05, 3.63) is 23.7 Å². The molecule has 0 saturated heterocycles. The lowest BCUT2D eigenvalue weighted by Crippen LogP contribution is -2.20. The van der Waals surface area contributed by atoms with Gasteiger partial charge < -0.3 is 10.6 Å². The molecule has 1 aliphatic rings. The van der Waals surface area contributed by atoms with Crippen LogP contribution in [-0.2, 0) is 0 Å². The molecule has 1 aromatic rings. The monoisotopic (exact) mass is 378 g/mol. The maximum Gasteiger partial charge on any atom is 0.223 e. The quantitative estimate of drug-likeness (QED) is 0.477. The molecule has 0 radical (unpaired) electrons. The van der Waals surface area contributed by atoms with E-state index in [2.05, 4.69) is 57.0 Å². The van der Waals surface area contributed by atoms with Crippen molar-refractivity contribution in [2.24, 2.45) is 0 Å². The number of hydrogen-bond acceptors (Lipinski definition) is 4. The molecule has 4 nitrogen and oxygen atoms in total. The molecule has 2 heterocycles. The van der Waals surface area contributed by atoms with Gasteiger partial charge in [-0.1, -0.05) is 24.9 Å². The molecule has 2 N–H and O–H groups in total. The Balaban J connectivity index is 2.22. The van der Waals surface area contributed by atoms with E-state index >= 15 is 0 Å². The van der Waals surface area contributed by atoms with Crippen LogP contribution in [0.3, 0.4) is 0 Å². The van der Waals surface area contributed by atoms with Gasteiger partial charge in [0.1, 0.15) is 5.50 Å². The molecule has 2 rings (SSSR count). The highest BCUT2D eigenvalue weighted by Gasteiger charge is 2.20. The number of nitrogens with zero attached hydrogens (tertiary/aromatic N) is 2. The maximum absolute atomic E-state index is 6.16. The van der Waals surface area contributed by atoms with E-state index in [-0.39, 0.29) is 5.50 Å². The van der Waals surface area contributed by atoms with Crippen LogP contribution in [-0.4, -0.2) is 16.0 Å². The number of rotatable bonds is 4. The summed E-state index contributed by atoms with van der Waals surface area (Å²) in [6, 6.07) is 0.378. The van der Waals surface area contributed by atoms with E-state index in [4.69, 9.17) is 11.6 Å². The van der Waals surface area contributed by atoms with Gasteiger partial charge in [-0.15, -0.1) is 0 Å². The smallest absolute Gasteiger partial charge is 0.223 e. The summed E-state index contributed by atoms with van der Waals surface area (Å²) in [6.07, 6.45) is 5.92. The topological polar surface area (TPSA) is 49.8 Å². The van der Waals surface area contributed by atoms with Gasteiger partial charge in [-0.25, -0.2) is 9.97 Å². The Morgan fingerprint density at radius 3 is 3.11 bits per heavy atom. The first-order valence-corrected chi connectivity index (χ1v) is 7.53. The van der Waals surface area contributed by atoms with E-state index in [1.807, 2.05) is 6.20 Å². The fourth-order valence-corrected chi connectivity index (χ4v) is 2.70. The summed E-state index contributed by atoms with van der Waals surface area (Å²) in [6.45, 7) is 4.31. The molecule has 18 heavy (non-hydrogen) atoms. The highest BCUT2D eigenvalue weighted by atomic mass is 127. The number of halogens is 2. The fraction of sp³-hybridized carbons (Fsp3) is 0.500. The number of fused-ring (bicyclic) bond motifs is 1.